The molecule has 74 valence electrons. The smallest absolute Gasteiger partial charge is 0.0540 e. The summed E-state index contributed by atoms with van der Waals surface area (Å²) in [6, 6.07) is 0. The fourth-order valence-electron chi connectivity index (χ4n) is 1.51. The molecule has 0 fully saturated rings. The van der Waals surface area contributed by atoms with Crippen LogP contribution in [0, 0.1) is 5.41 Å². The highest BCUT2D eigenvalue weighted by Crippen LogP contribution is 2.27. The van der Waals surface area contributed by atoms with Gasteiger partial charge in [0, 0.05) is 25.3 Å². The number of nitrogens with zero attached hydrogens (tertiary/aromatic N) is 1. The Morgan fingerprint density at radius 1 is 1.62 bits per heavy atom. The first-order valence-electron chi connectivity index (χ1n) is 4.60. The van der Waals surface area contributed by atoms with Crippen molar-refractivity contribution in [3.8, 4) is 0 Å². The molecule has 0 amide bonds. The number of aliphatic hydroxyl groups is 1. The van der Waals surface area contributed by atoms with Crippen molar-refractivity contribution >= 4 is 6.21 Å². The standard InChI is InChI=1S/C10H17NO2/c1-13-7-3-5-10(9-12)4-2-6-11-8-10/h2,4,6,12H,3,5,7-9H2,1H3. The van der Waals surface area contributed by atoms with E-state index in [1.54, 1.807) is 13.3 Å². The number of aliphatic hydroxyl groups excluding tert-OH is 1. The molecule has 0 aromatic heterocycles. The van der Waals surface area contributed by atoms with Gasteiger partial charge in [-0.25, -0.2) is 0 Å². The molecule has 3 nitrogen and oxygen atoms in total. The van der Waals surface area contributed by atoms with Crippen molar-refractivity contribution in [3.63, 3.8) is 0 Å². The Balaban J connectivity index is 2.40. The van der Waals surface area contributed by atoms with Gasteiger partial charge in [-0.1, -0.05) is 6.08 Å². The van der Waals surface area contributed by atoms with Crippen molar-refractivity contribution in [1.29, 1.82) is 0 Å². The fourth-order valence-corrected chi connectivity index (χ4v) is 1.51. The van der Waals surface area contributed by atoms with E-state index in [1.807, 2.05) is 6.08 Å². The number of hydrogen-bond donors (Lipinski definition) is 1. The van der Waals surface area contributed by atoms with Gasteiger partial charge in [-0.3, -0.25) is 4.99 Å². The molecule has 1 aliphatic heterocycles. The van der Waals surface area contributed by atoms with Crippen LogP contribution in [0.15, 0.2) is 17.1 Å². The minimum absolute atomic E-state index is 0.132. The molecule has 0 saturated heterocycles. The third-order valence-electron chi connectivity index (χ3n) is 2.39. The van der Waals surface area contributed by atoms with Gasteiger partial charge in [0.2, 0.25) is 0 Å². The molecule has 3 heteroatoms. The van der Waals surface area contributed by atoms with Gasteiger partial charge in [-0.15, -0.1) is 0 Å². The first kappa shape index (κ1) is 10.4. The zero-order valence-corrected chi connectivity index (χ0v) is 8.07. The molecule has 1 rings (SSSR count). The summed E-state index contributed by atoms with van der Waals surface area (Å²) in [5.41, 5.74) is -0.132. The van der Waals surface area contributed by atoms with E-state index in [1.165, 1.54) is 0 Å². The van der Waals surface area contributed by atoms with E-state index in [0.717, 1.165) is 19.4 Å². The molecule has 0 aromatic carbocycles. The first-order valence-corrected chi connectivity index (χ1v) is 4.60. The van der Waals surface area contributed by atoms with Crippen LogP contribution in [-0.4, -0.2) is 38.2 Å². The number of ether oxygens (including phenoxy) is 1. The Morgan fingerprint density at radius 3 is 3.00 bits per heavy atom. The van der Waals surface area contributed by atoms with Gasteiger partial charge in [0.05, 0.1) is 13.2 Å². The number of rotatable bonds is 5. The van der Waals surface area contributed by atoms with Crippen molar-refractivity contribution < 1.29 is 9.84 Å². The van der Waals surface area contributed by atoms with Crippen LogP contribution in [-0.2, 0) is 4.74 Å². The Hall–Kier alpha value is -0.670. The maximum Gasteiger partial charge on any atom is 0.0540 e. The summed E-state index contributed by atoms with van der Waals surface area (Å²) < 4.78 is 4.98. The van der Waals surface area contributed by atoms with Crippen LogP contribution in [0.25, 0.3) is 0 Å². The molecule has 1 unspecified atom stereocenters. The van der Waals surface area contributed by atoms with Crippen molar-refractivity contribution in [2.75, 3.05) is 26.9 Å². The zero-order valence-electron chi connectivity index (χ0n) is 8.07. The lowest BCUT2D eigenvalue weighted by atomic mass is 9.83. The predicted octanol–water partition coefficient (Wildman–Crippen LogP) is 1.03. The van der Waals surface area contributed by atoms with Crippen LogP contribution in [0.5, 0.6) is 0 Å². The summed E-state index contributed by atoms with van der Waals surface area (Å²) in [6.07, 6.45) is 7.65. The van der Waals surface area contributed by atoms with Crippen LogP contribution in [0.3, 0.4) is 0 Å². The van der Waals surface area contributed by atoms with Crippen LogP contribution in [0.4, 0.5) is 0 Å². The third kappa shape index (κ3) is 2.94. The molecule has 0 aromatic rings. The predicted molar refractivity (Wildman–Crippen MR) is 53.1 cm³/mol. The van der Waals surface area contributed by atoms with Gasteiger partial charge in [0.15, 0.2) is 0 Å². The molecule has 0 saturated carbocycles. The van der Waals surface area contributed by atoms with Gasteiger partial charge in [0.1, 0.15) is 0 Å². The van der Waals surface area contributed by atoms with E-state index in [4.69, 9.17) is 4.74 Å². The molecule has 1 N–H and O–H groups in total. The topological polar surface area (TPSA) is 41.8 Å². The maximum atomic E-state index is 9.27. The molecule has 13 heavy (non-hydrogen) atoms. The molecule has 0 spiro atoms. The van der Waals surface area contributed by atoms with Gasteiger partial charge >= 0.3 is 0 Å². The van der Waals surface area contributed by atoms with Gasteiger partial charge in [0.25, 0.3) is 0 Å². The summed E-state index contributed by atoms with van der Waals surface area (Å²) in [5, 5.41) is 9.27. The van der Waals surface area contributed by atoms with Gasteiger partial charge in [-0.2, -0.15) is 0 Å². The highest BCUT2D eigenvalue weighted by molar-refractivity contribution is 5.72. The second-order valence-corrected chi connectivity index (χ2v) is 3.47. The highest BCUT2D eigenvalue weighted by atomic mass is 16.5. The third-order valence-corrected chi connectivity index (χ3v) is 2.39. The molecule has 0 bridgehead atoms. The summed E-state index contributed by atoms with van der Waals surface area (Å²) in [4.78, 5) is 4.17. The molecule has 1 heterocycles. The van der Waals surface area contributed by atoms with E-state index < -0.39 is 0 Å². The van der Waals surface area contributed by atoms with E-state index in [-0.39, 0.29) is 12.0 Å². The maximum absolute atomic E-state index is 9.27. The molecular formula is C10H17NO2. The lowest BCUT2D eigenvalue weighted by molar-refractivity contribution is 0.138. The van der Waals surface area contributed by atoms with Crippen LogP contribution in [0.1, 0.15) is 12.8 Å². The number of dihydropyridines is 1. The van der Waals surface area contributed by atoms with Gasteiger partial charge in [-0.05, 0) is 18.9 Å². The van der Waals surface area contributed by atoms with Gasteiger partial charge < -0.3 is 9.84 Å². The molecular weight excluding hydrogens is 166 g/mol. The zero-order chi connectivity index (χ0) is 9.57. The minimum Gasteiger partial charge on any atom is -0.395 e. The monoisotopic (exact) mass is 183 g/mol. The second-order valence-electron chi connectivity index (χ2n) is 3.47. The van der Waals surface area contributed by atoms with Crippen molar-refractivity contribution in [2.45, 2.75) is 12.8 Å². The minimum atomic E-state index is -0.132. The normalized spacial score (nSPS) is 26.6. The van der Waals surface area contributed by atoms with Crippen molar-refractivity contribution in [2.24, 2.45) is 10.4 Å². The number of hydrogen-bond acceptors (Lipinski definition) is 3. The van der Waals surface area contributed by atoms with E-state index in [0.29, 0.717) is 6.54 Å². The Bertz CT molecular complexity index is 201. The highest BCUT2D eigenvalue weighted by Gasteiger charge is 2.26. The number of aliphatic imine (C=N–C) groups is 1. The lowest BCUT2D eigenvalue weighted by Gasteiger charge is -2.28. The summed E-state index contributed by atoms with van der Waals surface area (Å²) in [7, 11) is 1.69. The first-order chi connectivity index (χ1) is 6.33. The second kappa shape index (κ2) is 5.14. The SMILES string of the molecule is COCCCC1(CO)C=CC=NC1. The van der Waals surface area contributed by atoms with Crippen molar-refractivity contribution in [1.82, 2.24) is 0 Å². The van der Waals surface area contributed by atoms with Crippen LogP contribution < -0.4 is 0 Å². The van der Waals surface area contributed by atoms with E-state index in [9.17, 15) is 5.11 Å². The summed E-state index contributed by atoms with van der Waals surface area (Å²) in [5.74, 6) is 0. The summed E-state index contributed by atoms with van der Waals surface area (Å²) >= 11 is 0. The number of allylic oxidation sites excluding steroid dienone is 1. The average molecular weight is 183 g/mol. The quantitative estimate of drug-likeness (QED) is 0.647. The van der Waals surface area contributed by atoms with E-state index in [2.05, 4.69) is 11.1 Å². The Morgan fingerprint density at radius 2 is 2.46 bits per heavy atom. The summed E-state index contributed by atoms with van der Waals surface area (Å²) in [6.45, 7) is 1.62. The van der Waals surface area contributed by atoms with E-state index >= 15 is 0 Å². The van der Waals surface area contributed by atoms with Crippen molar-refractivity contribution in [3.05, 3.63) is 12.2 Å². The number of methoxy groups -OCH3 is 1. The molecule has 1 atom stereocenters. The van der Waals surface area contributed by atoms with Crippen LogP contribution in [0.2, 0.25) is 0 Å². The average Bonchev–Trinajstić information content (AvgIpc) is 2.20. The fraction of sp³-hybridized carbons (Fsp3) is 0.700. The molecule has 0 radical (unpaired) electrons. The lowest BCUT2D eigenvalue weighted by Crippen LogP contribution is -2.28. The molecule has 1 aliphatic rings. The van der Waals surface area contributed by atoms with Crippen LogP contribution >= 0.6 is 0 Å². The Labute approximate surface area is 79.1 Å². The Kier molecular flexibility index (Phi) is 4.12. The largest absolute Gasteiger partial charge is 0.395 e. The molecule has 0 aliphatic carbocycles.